The van der Waals surface area contributed by atoms with E-state index in [-0.39, 0.29) is 17.8 Å². The van der Waals surface area contributed by atoms with Gasteiger partial charge in [0, 0.05) is 18.4 Å². The highest BCUT2D eigenvalue weighted by molar-refractivity contribution is 6.06. The van der Waals surface area contributed by atoms with Crippen molar-refractivity contribution in [3.8, 4) is 0 Å². The number of carbonyl (C=O) groups excluding carboxylic acids is 2. The molecule has 0 saturated carbocycles. The Kier molecular flexibility index (Phi) is 4.78. The third-order valence-corrected chi connectivity index (χ3v) is 3.55. The Balaban J connectivity index is 2.31. The van der Waals surface area contributed by atoms with Crippen molar-refractivity contribution in [2.45, 2.75) is 38.3 Å². The number of ketones is 2. The SMILES string of the molecule is O=C1CCCCC=C1CC(=O)c1cc(F)ccc1C(F)(F)F. The van der Waals surface area contributed by atoms with E-state index in [1.807, 2.05) is 0 Å². The molecule has 0 radical (unpaired) electrons. The van der Waals surface area contributed by atoms with Gasteiger partial charge >= 0.3 is 6.18 Å². The first-order valence-electron chi connectivity index (χ1n) is 6.91. The van der Waals surface area contributed by atoms with E-state index in [2.05, 4.69) is 0 Å². The molecule has 0 aromatic heterocycles. The van der Waals surface area contributed by atoms with Crippen molar-refractivity contribution in [1.82, 2.24) is 0 Å². The number of allylic oxidation sites excluding steroid dienone is 2. The highest BCUT2D eigenvalue weighted by Crippen LogP contribution is 2.33. The van der Waals surface area contributed by atoms with Gasteiger partial charge in [0.2, 0.25) is 0 Å². The molecule has 0 spiro atoms. The molecular weight excluding hydrogens is 300 g/mol. The second kappa shape index (κ2) is 6.42. The average molecular weight is 314 g/mol. The van der Waals surface area contributed by atoms with Gasteiger partial charge in [0.15, 0.2) is 11.6 Å². The molecule has 1 aliphatic carbocycles. The number of carbonyl (C=O) groups is 2. The number of halogens is 4. The second-order valence-electron chi connectivity index (χ2n) is 5.19. The minimum Gasteiger partial charge on any atom is -0.295 e. The Labute approximate surface area is 124 Å². The summed E-state index contributed by atoms with van der Waals surface area (Å²) in [5.74, 6) is -2.04. The quantitative estimate of drug-likeness (QED) is 0.608. The van der Waals surface area contributed by atoms with Gasteiger partial charge in [-0.2, -0.15) is 13.2 Å². The Morgan fingerprint density at radius 1 is 1.18 bits per heavy atom. The predicted octanol–water partition coefficient (Wildman–Crippen LogP) is 4.49. The minimum atomic E-state index is -4.75. The molecule has 6 heteroatoms. The standard InChI is InChI=1S/C16H14F4O2/c17-11-6-7-13(16(18,19)20)12(9-11)15(22)8-10-4-2-1-3-5-14(10)21/h4,6-7,9H,1-3,5,8H2. The summed E-state index contributed by atoms with van der Waals surface area (Å²) in [4.78, 5) is 23.9. The van der Waals surface area contributed by atoms with Crippen LogP contribution in [0, 0.1) is 5.82 Å². The smallest absolute Gasteiger partial charge is 0.295 e. The highest BCUT2D eigenvalue weighted by atomic mass is 19.4. The van der Waals surface area contributed by atoms with E-state index in [9.17, 15) is 27.2 Å². The zero-order valence-corrected chi connectivity index (χ0v) is 11.7. The minimum absolute atomic E-state index is 0.222. The van der Waals surface area contributed by atoms with Crippen LogP contribution in [0.3, 0.4) is 0 Å². The van der Waals surface area contributed by atoms with Crippen LogP contribution in [0.5, 0.6) is 0 Å². The topological polar surface area (TPSA) is 34.1 Å². The van der Waals surface area contributed by atoms with E-state index in [0.717, 1.165) is 6.42 Å². The normalized spacial score (nSPS) is 16.2. The fraction of sp³-hybridized carbons (Fsp3) is 0.375. The van der Waals surface area contributed by atoms with Crippen LogP contribution in [0.25, 0.3) is 0 Å². The number of rotatable bonds is 3. The van der Waals surface area contributed by atoms with E-state index in [0.29, 0.717) is 31.0 Å². The van der Waals surface area contributed by atoms with Gasteiger partial charge in [-0.3, -0.25) is 9.59 Å². The predicted molar refractivity (Wildman–Crippen MR) is 71.9 cm³/mol. The molecule has 0 fully saturated rings. The lowest BCUT2D eigenvalue weighted by Gasteiger charge is -2.12. The van der Waals surface area contributed by atoms with E-state index >= 15 is 0 Å². The summed E-state index contributed by atoms with van der Waals surface area (Å²) in [6, 6.07) is 1.79. The fourth-order valence-corrected chi connectivity index (χ4v) is 2.41. The van der Waals surface area contributed by atoms with Gasteiger partial charge in [0.05, 0.1) is 5.56 Å². The van der Waals surface area contributed by atoms with Crippen molar-refractivity contribution < 1.29 is 27.2 Å². The van der Waals surface area contributed by atoms with Crippen molar-refractivity contribution in [1.29, 1.82) is 0 Å². The Morgan fingerprint density at radius 3 is 2.59 bits per heavy atom. The molecule has 0 unspecified atom stereocenters. The molecule has 0 atom stereocenters. The summed E-state index contributed by atoms with van der Waals surface area (Å²) in [5, 5.41) is 0. The van der Waals surface area contributed by atoms with Gasteiger partial charge in [-0.25, -0.2) is 4.39 Å². The van der Waals surface area contributed by atoms with Crippen LogP contribution in [0.2, 0.25) is 0 Å². The summed E-state index contributed by atoms with van der Waals surface area (Å²) < 4.78 is 51.9. The van der Waals surface area contributed by atoms with Crippen molar-refractivity contribution in [3.05, 3.63) is 46.8 Å². The Morgan fingerprint density at radius 2 is 1.91 bits per heavy atom. The maximum Gasteiger partial charge on any atom is 0.417 e. The van der Waals surface area contributed by atoms with Crippen molar-refractivity contribution in [2.75, 3.05) is 0 Å². The molecule has 0 aliphatic heterocycles. The number of Topliss-reactive ketones (excluding diaryl/α,β-unsaturated/α-hetero) is 2. The lowest BCUT2D eigenvalue weighted by atomic mass is 9.95. The molecular formula is C16H14F4O2. The number of hydrogen-bond acceptors (Lipinski definition) is 2. The molecule has 0 bridgehead atoms. The van der Waals surface area contributed by atoms with Crippen molar-refractivity contribution >= 4 is 11.6 Å². The van der Waals surface area contributed by atoms with Crippen molar-refractivity contribution in [3.63, 3.8) is 0 Å². The molecule has 0 amide bonds. The van der Waals surface area contributed by atoms with Gasteiger partial charge in [0.25, 0.3) is 0 Å². The molecule has 0 N–H and O–H groups in total. The van der Waals surface area contributed by atoms with Gasteiger partial charge < -0.3 is 0 Å². The third-order valence-electron chi connectivity index (χ3n) is 3.55. The van der Waals surface area contributed by atoms with Crippen LogP contribution < -0.4 is 0 Å². The van der Waals surface area contributed by atoms with E-state index < -0.39 is 35.3 Å². The maximum absolute atomic E-state index is 13.2. The molecule has 0 heterocycles. The van der Waals surface area contributed by atoms with Crippen molar-refractivity contribution in [2.24, 2.45) is 0 Å². The lowest BCUT2D eigenvalue weighted by Crippen LogP contribution is -2.15. The van der Waals surface area contributed by atoms with E-state index in [4.69, 9.17) is 0 Å². The number of hydrogen-bond donors (Lipinski definition) is 0. The largest absolute Gasteiger partial charge is 0.417 e. The zero-order valence-electron chi connectivity index (χ0n) is 11.7. The van der Waals surface area contributed by atoms with Crippen LogP contribution in [0.15, 0.2) is 29.8 Å². The average Bonchev–Trinajstić information content (AvgIpc) is 2.62. The van der Waals surface area contributed by atoms with Crippen LogP contribution in [-0.2, 0) is 11.0 Å². The van der Waals surface area contributed by atoms with E-state index in [1.54, 1.807) is 6.08 Å². The highest BCUT2D eigenvalue weighted by Gasteiger charge is 2.35. The number of benzene rings is 1. The molecule has 1 aromatic carbocycles. The first-order chi connectivity index (χ1) is 10.3. The summed E-state index contributed by atoms with van der Waals surface area (Å²) in [6.45, 7) is 0. The van der Waals surface area contributed by atoms with Crippen LogP contribution in [0.4, 0.5) is 17.6 Å². The molecule has 22 heavy (non-hydrogen) atoms. The van der Waals surface area contributed by atoms with E-state index in [1.165, 1.54) is 0 Å². The van der Waals surface area contributed by atoms with Gasteiger partial charge in [-0.1, -0.05) is 6.08 Å². The van der Waals surface area contributed by atoms with Gasteiger partial charge in [0.1, 0.15) is 5.82 Å². The maximum atomic E-state index is 13.2. The molecule has 0 saturated heterocycles. The van der Waals surface area contributed by atoms with Crippen LogP contribution in [0.1, 0.15) is 48.0 Å². The zero-order chi connectivity index (χ0) is 16.3. The Bertz CT molecular complexity index is 630. The van der Waals surface area contributed by atoms with Crippen LogP contribution >= 0.6 is 0 Å². The summed E-state index contributed by atoms with van der Waals surface area (Å²) in [5.41, 5.74) is -1.69. The third kappa shape index (κ3) is 3.81. The molecule has 2 nitrogen and oxygen atoms in total. The van der Waals surface area contributed by atoms with Gasteiger partial charge in [-0.05, 0) is 43.0 Å². The molecule has 1 aromatic rings. The monoisotopic (exact) mass is 314 g/mol. The molecule has 2 rings (SSSR count). The summed E-state index contributed by atoms with van der Waals surface area (Å²) in [6.07, 6.45) is -1.18. The summed E-state index contributed by atoms with van der Waals surface area (Å²) in [7, 11) is 0. The molecule has 118 valence electrons. The first kappa shape index (κ1) is 16.4. The lowest BCUT2D eigenvalue weighted by molar-refractivity contribution is -0.137. The first-order valence-corrected chi connectivity index (χ1v) is 6.91. The number of alkyl halides is 3. The fourth-order valence-electron chi connectivity index (χ4n) is 2.41. The molecule has 1 aliphatic rings. The van der Waals surface area contributed by atoms with Crippen LogP contribution in [-0.4, -0.2) is 11.6 Å². The Hall–Kier alpha value is -1.98. The summed E-state index contributed by atoms with van der Waals surface area (Å²) >= 11 is 0. The second-order valence-corrected chi connectivity index (χ2v) is 5.19. The van der Waals surface area contributed by atoms with Gasteiger partial charge in [-0.15, -0.1) is 0 Å².